The van der Waals surface area contributed by atoms with Crippen LogP contribution in [0.25, 0.3) is 10.9 Å². The molecule has 0 saturated carbocycles. The molecule has 1 aliphatic rings. The van der Waals surface area contributed by atoms with E-state index in [4.69, 9.17) is 9.47 Å². The molecule has 0 bridgehead atoms. The van der Waals surface area contributed by atoms with Crippen LogP contribution in [0.2, 0.25) is 16.6 Å². The van der Waals surface area contributed by atoms with Gasteiger partial charge in [-0.1, -0.05) is 47.5 Å². The lowest BCUT2D eigenvalue weighted by Crippen LogP contribution is -2.43. The van der Waals surface area contributed by atoms with E-state index in [1.165, 1.54) is 0 Å². The van der Waals surface area contributed by atoms with Gasteiger partial charge >= 0.3 is 6.09 Å². The fraction of sp³-hybridized carbons (Fsp3) is 0.621. The Balaban J connectivity index is 1.82. The first-order valence-electron chi connectivity index (χ1n) is 13.1. The molecule has 1 saturated heterocycles. The standard InChI is InChI=1S/C29H44N2O3Si/c1-20(2)35(21(3)4,22(5)6)18-15-23-12-13-26(27-25(23)14-16-30-27)33-19-24-11-10-17-31(24)28(32)34-29(7,8)9/h12-14,16,20-22,24,30H,10-11,17,19H2,1-9H3/t24-/m1/s1. The molecular formula is C29H44N2O3Si. The van der Waals surface area contributed by atoms with E-state index in [0.29, 0.717) is 29.8 Å². The van der Waals surface area contributed by atoms with Crippen molar-refractivity contribution in [3.63, 3.8) is 0 Å². The van der Waals surface area contributed by atoms with Gasteiger partial charge in [-0.2, -0.15) is 0 Å². The molecule has 1 amide bonds. The number of ether oxygens (including phenoxy) is 2. The lowest BCUT2D eigenvalue weighted by Gasteiger charge is -2.38. The van der Waals surface area contributed by atoms with E-state index in [-0.39, 0.29) is 12.1 Å². The number of carbonyl (C=O) groups excluding carboxylic acids is 1. The zero-order valence-electron chi connectivity index (χ0n) is 23.1. The molecule has 6 heteroatoms. The Morgan fingerprint density at radius 1 is 1.11 bits per heavy atom. The average molecular weight is 497 g/mol. The summed E-state index contributed by atoms with van der Waals surface area (Å²) in [5.74, 6) is 4.39. The Bertz CT molecular complexity index is 1060. The molecule has 1 fully saturated rings. The second-order valence-electron chi connectivity index (χ2n) is 11.8. The molecule has 2 aromatic rings. The number of hydrogen-bond donors (Lipinski definition) is 1. The van der Waals surface area contributed by atoms with E-state index in [2.05, 4.69) is 70.1 Å². The van der Waals surface area contributed by atoms with E-state index < -0.39 is 13.7 Å². The maximum Gasteiger partial charge on any atom is 0.410 e. The van der Waals surface area contributed by atoms with E-state index in [9.17, 15) is 4.79 Å². The van der Waals surface area contributed by atoms with Crippen molar-refractivity contribution in [2.45, 2.75) is 103 Å². The van der Waals surface area contributed by atoms with Gasteiger partial charge in [-0.3, -0.25) is 0 Å². The first kappa shape index (κ1) is 27.2. The zero-order valence-corrected chi connectivity index (χ0v) is 24.1. The van der Waals surface area contributed by atoms with Gasteiger partial charge in [0, 0.05) is 23.7 Å². The van der Waals surface area contributed by atoms with E-state index >= 15 is 0 Å². The quantitative estimate of drug-likeness (QED) is 0.332. The van der Waals surface area contributed by atoms with Crippen LogP contribution < -0.4 is 4.74 Å². The van der Waals surface area contributed by atoms with Crippen LogP contribution in [0.15, 0.2) is 24.4 Å². The fourth-order valence-electron chi connectivity index (χ4n) is 5.72. The predicted octanol–water partition coefficient (Wildman–Crippen LogP) is 7.52. The number of nitrogens with one attached hydrogen (secondary N) is 1. The van der Waals surface area contributed by atoms with Crippen LogP contribution in [0, 0.1) is 11.5 Å². The minimum Gasteiger partial charge on any atom is -0.489 e. The molecule has 1 aromatic carbocycles. The van der Waals surface area contributed by atoms with Crippen molar-refractivity contribution in [1.29, 1.82) is 0 Å². The summed E-state index contributed by atoms with van der Waals surface area (Å²) >= 11 is 0. The van der Waals surface area contributed by atoms with Gasteiger partial charge in [0.25, 0.3) is 0 Å². The molecule has 1 atom stereocenters. The van der Waals surface area contributed by atoms with Crippen LogP contribution in [-0.2, 0) is 4.74 Å². The Labute approximate surface area is 213 Å². The fourth-order valence-corrected chi connectivity index (χ4v) is 10.9. The third-order valence-electron chi connectivity index (χ3n) is 7.40. The number of rotatable bonds is 6. The highest BCUT2D eigenvalue weighted by Gasteiger charge is 2.41. The highest BCUT2D eigenvalue weighted by Crippen LogP contribution is 2.41. The summed E-state index contributed by atoms with van der Waals surface area (Å²) in [6.07, 6.45) is 3.58. The summed E-state index contributed by atoms with van der Waals surface area (Å²) in [6, 6.07) is 6.19. The first-order chi connectivity index (χ1) is 16.4. The smallest absolute Gasteiger partial charge is 0.410 e. The number of carbonyl (C=O) groups is 1. The normalized spacial score (nSPS) is 16.8. The van der Waals surface area contributed by atoms with Crippen LogP contribution in [0.5, 0.6) is 5.75 Å². The maximum atomic E-state index is 12.6. The molecule has 3 rings (SSSR count). The second-order valence-corrected chi connectivity index (χ2v) is 17.4. The second kappa shape index (κ2) is 10.7. The number of nitrogens with zero attached hydrogens (tertiary/aromatic N) is 1. The van der Waals surface area contributed by atoms with Crippen molar-refractivity contribution in [2.24, 2.45) is 0 Å². The van der Waals surface area contributed by atoms with Gasteiger partial charge in [-0.05, 0) is 68.4 Å². The zero-order chi connectivity index (χ0) is 26.0. The average Bonchev–Trinajstić information content (AvgIpc) is 3.41. The van der Waals surface area contributed by atoms with Crippen LogP contribution in [0.1, 0.15) is 80.7 Å². The van der Waals surface area contributed by atoms with Gasteiger partial charge in [0.1, 0.15) is 26.0 Å². The monoisotopic (exact) mass is 496 g/mol. The van der Waals surface area contributed by atoms with E-state index in [0.717, 1.165) is 35.1 Å². The van der Waals surface area contributed by atoms with Crippen molar-refractivity contribution in [3.05, 3.63) is 30.0 Å². The predicted molar refractivity (Wildman–Crippen MR) is 148 cm³/mol. The number of aromatic nitrogens is 1. The van der Waals surface area contributed by atoms with E-state index in [1.54, 1.807) is 0 Å². The van der Waals surface area contributed by atoms with Gasteiger partial charge in [-0.15, -0.1) is 5.54 Å². The van der Waals surface area contributed by atoms with E-state index in [1.807, 2.05) is 37.9 Å². The topological polar surface area (TPSA) is 54.6 Å². The maximum absolute atomic E-state index is 12.6. The highest BCUT2D eigenvalue weighted by atomic mass is 28.3. The third kappa shape index (κ3) is 5.89. The number of likely N-dealkylation sites (tertiary alicyclic amines) is 1. The largest absolute Gasteiger partial charge is 0.489 e. The van der Waals surface area contributed by atoms with Gasteiger partial charge in [0.15, 0.2) is 0 Å². The number of hydrogen-bond acceptors (Lipinski definition) is 3. The number of amides is 1. The molecule has 35 heavy (non-hydrogen) atoms. The van der Waals surface area contributed by atoms with Crippen molar-refractivity contribution < 1.29 is 14.3 Å². The summed E-state index contributed by atoms with van der Waals surface area (Å²) < 4.78 is 11.9. The molecular weight excluding hydrogens is 452 g/mol. The minimum atomic E-state index is -1.81. The summed E-state index contributed by atoms with van der Waals surface area (Å²) in [4.78, 5) is 17.8. The van der Waals surface area contributed by atoms with Crippen molar-refractivity contribution in [1.82, 2.24) is 9.88 Å². The molecule has 0 aliphatic carbocycles. The van der Waals surface area contributed by atoms with Crippen LogP contribution in [0.3, 0.4) is 0 Å². The van der Waals surface area contributed by atoms with Gasteiger partial charge in [-0.25, -0.2) is 4.79 Å². The Morgan fingerprint density at radius 3 is 2.37 bits per heavy atom. The highest BCUT2D eigenvalue weighted by molar-refractivity contribution is 6.90. The number of fused-ring (bicyclic) bond motifs is 1. The Morgan fingerprint density at radius 2 is 1.77 bits per heavy atom. The molecule has 5 nitrogen and oxygen atoms in total. The Kier molecular flexibility index (Phi) is 8.31. The molecule has 0 unspecified atom stereocenters. The molecule has 192 valence electrons. The lowest BCUT2D eigenvalue weighted by molar-refractivity contribution is 0.0188. The molecule has 2 heterocycles. The third-order valence-corrected chi connectivity index (χ3v) is 13.7. The van der Waals surface area contributed by atoms with Crippen molar-refractivity contribution >= 4 is 25.1 Å². The lowest BCUT2D eigenvalue weighted by atomic mass is 10.1. The molecule has 1 N–H and O–H groups in total. The van der Waals surface area contributed by atoms with Gasteiger partial charge in [0.2, 0.25) is 0 Å². The van der Waals surface area contributed by atoms with Crippen molar-refractivity contribution in [3.8, 4) is 17.2 Å². The minimum absolute atomic E-state index is 0.0177. The van der Waals surface area contributed by atoms with Gasteiger partial charge < -0.3 is 19.4 Å². The number of H-pyrrole nitrogens is 1. The number of aromatic amines is 1. The molecule has 1 aromatic heterocycles. The van der Waals surface area contributed by atoms with Crippen molar-refractivity contribution in [2.75, 3.05) is 13.2 Å². The SMILES string of the molecule is CC(C)[Si](C#Cc1ccc(OC[C@H]2CCCN2C(=O)OC(C)(C)C)c2[nH]ccc12)(C(C)C)C(C)C. The Hall–Kier alpha value is -2.39. The van der Waals surface area contributed by atoms with Crippen LogP contribution in [-0.4, -0.2) is 48.8 Å². The first-order valence-corrected chi connectivity index (χ1v) is 15.4. The molecule has 0 radical (unpaired) electrons. The van der Waals surface area contributed by atoms with Crippen LogP contribution in [0.4, 0.5) is 4.79 Å². The summed E-state index contributed by atoms with van der Waals surface area (Å²) in [5, 5.41) is 1.09. The van der Waals surface area contributed by atoms with Crippen LogP contribution >= 0.6 is 0 Å². The molecule has 0 spiro atoms. The summed E-state index contributed by atoms with van der Waals surface area (Å²) in [5.41, 5.74) is 7.13. The number of benzene rings is 1. The van der Waals surface area contributed by atoms with Gasteiger partial charge in [0.05, 0.1) is 11.6 Å². The summed E-state index contributed by atoms with van der Waals surface area (Å²) in [6.45, 7) is 20.9. The summed E-state index contributed by atoms with van der Waals surface area (Å²) in [7, 11) is -1.81. The molecule has 1 aliphatic heterocycles.